The van der Waals surface area contributed by atoms with E-state index in [0.29, 0.717) is 0 Å². The maximum absolute atomic E-state index is 8.93. The lowest BCUT2D eigenvalue weighted by atomic mass is 10.2. The normalized spacial score (nSPS) is 11.6. The number of aliphatic hydroxyl groups excluding tert-OH is 2. The Morgan fingerprint density at radius 3 is 2.33 bits per heavy atom. The topological polar surface area (TPSA) is 60.7 Å². The third-order valence-corrected chi connectivity index (χ3v) is 1.39. The molecule has 12 heavy (non-hydrogen) atoms. The monoisotopic (exact) mass is 166 g/mol. The Balaban J connectivity index is 2.84. The lowest BCUT2D eigenvalue weighted by Crippen LogP contribution is -1.86. The zero-order valence-electron chi connectivity index (χ0n) is 6.44. The van der Waals surface area contributed by atoms with Crippen molar-refractivity contribution >= 4 is 6.08 Å². The Kier molecular flexibility index (Phi) is 2.71. The van der Waals surface area contributed by atoms with Crippen LogP contribution in [0.4, 0.5) is 0 Å². The van der Waals surface area contributed by atoms with Crippen LogP contribution < -0.4 is 0 Å². The number of phenols is 1. The van der Waals surface area contributed by atoms with E-state index in [4.69, 9.17) is 15.3 Å². The Morgan fingerprint density at radius 2 is 1.83 bits per heavy atom. The van der Waals surface area contributed by atoms with Crippen LogP contribution >= 0.6 is 0 Å². The van der Waals surface area contributed by atoms with Crippen molar-refractivity contribution in [2.24, 2.45) is 0 Å². The average Bonchev–Trinajstić information content (AvgIpc) is 2.09. The molecule has 3 nitrogen and oxygen atoms in total. The molecule has 1 rings (SSSR count). The molecule has 0 radical (unpaired) electrons. The second kappa shape index (κ2) is 3.78. The highest BCUT2D eigenvalue weighted by atomic mass is 16.3. The van der Waals surface area contributed by atoms with Crippen molar-refractivity contribution in [1.82, 2.24) is 0 Å². The number of aliphatic hydroxyl groups is 2. The van der Waals surface area contributed by atoms with Gasteiger partial charge in [-0.3, -0.25) is 0 Å². The third-order valence-electron chi connectivity index (χ3n) is 1.39. The van der Waals surface area contributed by atoms with Crippen molar-refractivity contribution < 1.29 is 15.3 Å². The average molecular weight is 166 g/mol. The van der Waals surface area contributed by atoms with Gasteiger partial charge in [0, 0.05) is 0 Å². The van der Waals surface area contributed by atoms with Gasteiger partial charge in [0.15, 0.2) is 0 Å². The van der Waals surface area contributed by atoms with E-state index in [9.17, 15) is 0 Å². The first kappa shape index (κ1) is 8.62. The molecule has 1 aromatic carbocycles. The molecule has 0 aromatic heterocycles. The van der Waals surface area contributed by atoms with Crippen molar-refractivity contribution in [3.05, 3.63) is 35.6 Å². The molecule has 0 aliphatic rings. The molecule has 1 aromatic rings. The fourth-order valence-electron chi connectivity index (χ4n) is 0.809. The molecule has 64 valence electrons. The van der Waals surface area contributed by atoms with Gasteiger partial charge in [0.25, 0.3) is 0 Å². The Hall–Kier alpha value is -1.48. The molecular weight excluding hydrogens is 156 g/mol. The first-order chi connectivity index (χ1) is 5.72. The minimum Gasteiger partial charge on any atom is -0.510 e. The van der Waals surface area contributed by atoms with E-state index in [1.165, 1.54) is 18.2 Å². The lowest BCUT2D eigenvalue weighted by molar-refractivity contribution is 0.256. The Bertz CT molecular complexity index is 274. The molecule has 0 saturated heterocycles. The van der Waals surface area contributed by atoms with E-state index in [-0.39, 0.29) is 18.1 Å². The highest BCUT2D eigenvalue weighted by Crippen LogP contribution is 2.11. The smallest absolute Gasteiger partial charge is 0.118 e. The van der Waals surface area contributed by atoms with Crippen LogP contribution in [0.15, 0.2) is 30.0 Å². The van der Waals surface area contributed by atoms with Crippen LogP contribution in [0.1, 0.15) is 5.56 Å². The van der Waals surface area contributed by atoms with Crippen LogP contribution in [0.25, 0.3) is 6.08 Å². The first-order valence-electron chi connectivity index (χ1n) is 3.52. The van der Waals surface area contributed by atoms with Crippen LogP contribution in [0.3, 0.4) is 0 Å². The highest BCUT2D eigenvalue weighted by Gasteiger charge is 1.91. The molecule has 0 aliphatic heterocycles. The molecule has 0 amide bonds. The van der Waals surface area contributed by atoms with Crippen molar-refractivity contribution in [3.8, 4) is 5.75 Å². The van der Waals surface area contributed by atoms with Gasteiger partial charge in [-0.2, -0.15) is 0 Å². The minimum absolute atomic E-state index is 0.0966. The summed E-state index contributed by atoms with van der Waals surface area (Å²) in [7, 11) is 0. The summed E-state index contributed by atoms with van der Waals surface area (Å²) in [6.45, 7) is -0.374. The second-order valence-electron chi connectivity index (χ2n) is 2.39. The van der Waals surface area contributed by atoms with Gasteiger partial charge in [-0.15, -0.1) is 0 Å². The molecule has 0 spiro atoms. The minimum atomic E-state index is -0.374. The summed E-state index contributed by atoms with van der Waals surface area (Å²) in [6, 6.07) is 6.30. The summed E-state index contributed by atoms with van der Waals surface area (Å²) in [6.07, 6.45) is 1.43. The van der Waals surface area contributed by atoms with Crippen molar-refractivity contribution in [1.29, 1.82) is 0 Å². The van der Waals surface area contributed by atoms with Crippen LogP contribution in [0.5, 0.6) is 5.75 Å². The molecule has 3 N–H and O–H groups in total. The largest absolute Gasteiger partial charge is 0.510 e. The highest BCUT2D eigenvalue weighted by molar-refractivity contribution is 5.52. The molecule has 0 aliphatic carbocycles. The van der Waals surface area contributed by atoms with Gasteiger partial charge >= 0.3 is 0 Å². The summed E-state index contributed by atoms with van der Waals surface area (Å²) in [5, 5.41) is 26.3. The maximum atomic E-state index is 8.93. The van der Waals surface area contributed by atoms with Crippen molar-refractivity contribution in [2.45, 2.75) is 0 Å². The van der Waals surface area contributed by atoms with Crippen LogP contribution in [-0.4, -0.2) is 21.9 Å². The lowest BCUT2D eigenvalue weighted by Gasteiger charge is -1.95. The maximum Gasteiger partial charge on any atom is 0.118 e. The summed E-state index contributed by atoms with van der Waals surface area (Å²) < 4.78 is 0. The number of hydrogen-bond donors (Lipinski definition) is 3. The Labute approximate surface area is 70.2 Å². The van der Waals surface area contributed by atoms with Gasteiger partial charge in [0.05, 0.1) is 0 Å². The number of phenolic OH excluding ortho intramolecular Hbond substituents is 1. The zero-order chi connectivity index (χ0) is 8.97. The number of aromatic hydroxyl groups is 1. The third kappa shape index (κ3) is 2.29. The molecule has 3 heteroatoms. The molecule has 0 unspecified atom stereocenters. The molecule has 0 bridgehead atoms. The zero-order valence-corrected chi connectivity index (χ0v) is 6.44. The summed E-state index contributed by atoms with van der Waals surface area (Å²) in [5.41, 5.74) is 0.736. The van der Waals surface area contributed by atoms with E-state index in [2.05, 4.69) is 0 Å². The van der Waals surface area contributed by atoms with Gasteiger partial charge < -0.3 is 15.3 Å². The predicted octanol–water partition coefficient (Wildman–Crippen LogP) is 1.28. The quantitative estimate of drug-likeness (QED) is 0.580. The van der Waals surface area contributed by atoms with Crippen LogP contribution in [0.2, 0.25) is 0 Å². The molecular formula is C9H10O3. The van der Waals surface area contributed by atoms with Crippen LogP contribution in [-0.2, 0) is 0 Å². The molecule has 0 heterocycles. The van der Waals surface area contributed by atoms with Crippen LogP contribution in [0, 0.1) is 0 Å². The van der Waals surface area contributed by atoms with Gasteiger partial charge in [-0.25, -0.2) is 0 Å². The standard InChI is InChI=1S/C9H10O3/c10-6-9(12)5-7-1-3-8(11)4-2-7/h1-5,10-12H,6H2. The summed E-state index contributed by atoms with van der Waals surface area (Å²) >= 11 is 0. The summed E-state index contributed by atoms with van der Waals surface area (Å²) in [5.74, 6) is 0.0799. The molecule has 0 fully saturated rings. The number of rotatable bonds is 2. The van der Waals surface area contributed by atoms with Gasteiger partial charge in [-0.05, 0) is 23.8 Å². The second-order valence-corrected chi connectivity index (χ2v) is 2.39. The Morgan fingerprint density at radius 1 is 1.25 bits per heavy atom. The summed E-state index contributed by atoms with van der Waals surface area (Å²) in [4.78, 5) is 0. The molecule has 0 atom stereocenters. The van der Waals surface area contributed by atoms with Crippen molar-refractivity contribution in [3.63, 3.8) is 0 Å². The van der Waals surface area contributed by atoms with Gasteiger partial charge in [-0.1, -0.05) is 12.1 Å². The number of benzene rings is 1. The fraction of sp³-hybridized carbons (Fsp3) is 0.111. The van der Waals surface area contributed by atoms with E-state index in [1.54, 1.807) is 12.1 Å². The van der Waals surface area contributed by atoms with E-state index in [0.717, 1.165) is 5.56 Å². The SMILES string of the molecule is OCC(O)=Cc1ccc(O)cc1. The van der Waals surface area contributed by atoms with Crippen molar-refractivity contribution in [2.75, 3.05) is 6.61 Å². The number of hydrogen-bond acceptors (Lipinski definition) is 3. The van der Waals surface area contributed by atoms with E-state index >= 15 is 0 Å². The van der Waals surface area contributed by atoms with Gasteiger partial charge in [0.1, 0.15) is 18.1 Å². The molecule has 0 saturated carbocycles. The van der Waals surface area contributed by atoms with E-state index < -0.39 is 0 Å². The first-order valence-corrected chi connectivity index (χ1v) is 3.52. The van der Waals surface area contributed by atoms with Gasteiger partial charge in [0.2, 0.25) is 0 Å². The fourth-order valence-corrected chi connectivity index (χ4v) is 0.809. The predicted molar refractivity (Wildman–Crippen MR) is 45.8 cm³/mol. The van der Waals surface area contributed by atoms with E-state index in [1.807, 2.05) is 0 Å².